The van der Waals surface area contributed by atoms with E-state index in [1.54, 1.807) is 6.07 Å². The maximum Gasteiger partial charge on any atom is 0.387 e. The Morgan fingerprint density at radius 1 is 1.13 bits per heavy atom. The number of nitrogens with zero attached hydrogens (tertiary/aromatic N) is 2. The number of alkyl halides is 2. The maximum absolute atomic E-state index is 12.8. The molecule has 1 aliphatic heterocycles. The van der Waals surface area contributed by atoms with E-state index in [-0.39, 0.29) is 43.1 Å². The largest absolute Gasteiger partial charge is 0.454 e. The molecular formula is C21H27F2IN4O3. The first kappa shape index (κ1) is 24.8. The molecule has 0 aliphatic carbocycles. The van der Waals surface area contributed by atoms with Gasteiger partial charge in [0.05, 0.1) is 6.54 Å². The van der Waals surface area contributed by atoms with Crippen LogP contribution in [0.25, 0.3) is 0 Å². The van der Waals surface area contributed by atoms with E-state index in [2.05, 4.69) is 20.4 Å². The number of benzene rings is 2. The highest BCUT2D eigenvalue weighted by Crippen LogP contribution is 2.38. The molecule has 2 aromatic carbocycles. The van der Waals surface area contributed by atoms with Crippen LogP contribution < -0.4 is 29.7 Å². The second-order valence-electron chi connectivity index (χ2n) is 6.80. The van der Waals surface area contributed by atoms with Crippen LogP contribution in [0.2, 0.25) is 0 Å². The summed E-state index contributed by atoms with van der Waals surface area (Å²) in [5, 5.41) is 6.30. The summed E-state index contributed by atoms with van der Waals surface area (Å²) in [6.07, 6.45) is 0. The van der Waals surface area contributed by atoms with Gasteiger partial charge in [0.2, 0.25) is 6.79 Å². The van der Waals surface area contributed by atoms with E-state index in [1.165, 1.54) is 6.07 Å². The van der Waals surface area contributed by atoms with Crippen LogP contribution in [0.15, 0.2) is 41.4 Å². The number of hydrogen-bond donors (Lipinski definition) is 2. The van der Waals surface area contributed by atoms with Gasteiger partial charge in [0.15, 0.2) is 17.5 Å². The van der Waals surface area contributed by atoms with Crippen molar-refractivity contribution in [1.82, 2.24) is 10.6 Å². The fraction of sp³-hybridized carbons (Fsp3) is 0.381. The van der Waals surface area contributed by atoms with Gasteiger partial charge in [0, 0.05) is 44.5 Å². The number of rotatable bonds is 8. The Balaban J connectivity index is 0.00000341. The van der Waals surface area contributed by atoms with Crippen LogP contribution in [0, 0.1) is 0 Å². The summed E-state index contributed by atoms with van der Waals surface area (Å²) in [6, 6.07) is 11.2. The zero-order chi connectivity index (χ0) is 21.5. The molecule has 0 aromatic heterocycles. The van der Waals surface area contributed by atoms with Gasteiger partial charge in [-0.25, -0.2) is 4.99 Å². The predicted molar refractivity (Wildman–Crippen MR) is 127 cm³/mol. The molecule has 2 aromatic rings. The second-order valence-corrected chi connectivity index (χ2v) is 6.80. The molecule has 0 saturated carbocycles. The fourth-order valence-electron chi connectivity index (χ4n) is 2.90. The van der Waals surface area contributed by atoms with Crippen molar-refractivity contribution in [3.05, 3.63) is 47.5 Å². The van der Waals surface area contributed by atoms with E-state index < -0.39 is 6.61 Å². The molecule has 0 amide bonds. The summed E-state index contributed by atoms with van der Waals surface area (Å²) >= 11 is 0. The topological polar surface area (TPSA) is 67.4 Å². The highest BCUT2D eigenvalue weighted by Gasteiger charge is 2.20. The second kappa shape index (κ2) is 11.8. The van der Waals surface area contributed by atoms with E-state index in [0.717, 1.165) is 11.3 Å². The van der Waals surface area contributed by atoms with Gasteiger partial charge in [-0.15, -0.1) is 24.0 Å². The quantitative estimate of drug-likeness (QED) is 0.296. The summed E-state index contributed by atoms with van der Waals surface area (Å²) in [4.78, 5) is 6.60. The van der Waals surface area contributed by atoms with Crippen molar-refractivity contribution in [2.24, 2.45) is 4.99 Å². The standard InChI is InChI=1S/C21H26F2N4O3.HI/c1-4-24-21(25-11-14-5-7-16(8-6-14)27(2)3)26-12-15-9-18-19(29-13-28-18)10-17(15)30-20(22)23;/h5-10,20H,4,11-13H2,1-3H3,(H2,24,25,26);1H. The Bertz CT molecular complexity index is 880. The van der Waals surface area contributed by atoms with Crippen LogP contribution in [0.5, 0.6) is 17.2 Å². The Labute approximate surface area is 197 Å². The van der Waals surface area contributed by atoms with Crippen molar-refractivity contribution >= 4 is 35.6 Å². The van der Waals surface area contributed by atoms with E-state index in [4.69, 9.17) is 9.47 Å². The van der Waals surface area contributed by atoms with Crippen LogP contribution in [-0.4, -0.2) is 40.0 Å². The Morgan fingerprint density at radius 2 is 1.81 bits per heavy atom. The average Bonchev–Trinajstić information content (AvgIpc) is 3.17. The predicted octanol–water partition coefficient (Wildman–Crippen LogP) is 3.96. The Kier molecular flexibility index (Phi) is 9.41. The van der Waals surface area contributed by atoms with E-state index in [9.17, 15) is 8.78 Å². The normalized spacial score (nSPS) is 12.4. The van der Waals surface area contributed by atoms with Gasteiger partial charge in [0.25, 0.3) is 0 Å². The lowest BCUT2D eigenvalue weighted by Crippen LogP contribution is -2.36. The summed E-state index contributed by atoms with van der Waals surface area (Å²) in [7, 11) is 3.98. The minimum atomic E-state index is -2.93. The van der Waals surface area contributed by atoms with Crippen molar-refractivity contribution in [3.8, 4) is 17.2 Å². The molecule has 0 saturated heterocycles. The van der Waals surface area contributed by atoms with Crippen molar-refractivity contribution in [2.45, 2.75) is 26.6 Å². The van der Waals surface area contributed by atoms with Crippen molar-refractivity contribution in [1.29, 1.82) is 0 Å². The van der Waals surface area contributed by atoms with Gasteiger partial charge in [-0.1, -0.05) is 12.1 Å². The molecule has 170 valence electrons. The molecule has 0 unspecified atom stereocenters. The van der Waals surface area contributed by atoms with Crippen LogP contribution in [0.1, 0.15) is 18.1 Å². The number of guanidine groups is 1. The van der Waals surface area contributed by atoms with Gasteiger partial charge in [-0.2, -0.15) is 8.78 Å². The molecule has 0 atom stereocenters. The third-order valence-corrected chi connectivity index (χ3v) is 4.43. The monoisotopic (exact) mass is 548 g/mol. The first-order chi connectivity index (χ1) is 14.5. The molecule has 0 spiro atoms. The van der Waals surface area contributed by atoms with Gasteiger partial charge < -0.3 is 29.7 Å². The molecule has 1 aliphatic rings. The lowest BCUT2D eigenvalue weighted by molar-refractivity contribution is -0.0505. The minimum absolute atomic E-state index is 0. The Morgan fingerprint density at radius 3 is 2.42 bits per heavy atom. The number of hydrogen-bond acceptors (Lipinski definition) is 5. The third kappa shape index (κ3) is 7.01. The smallest absolute Gasteiger partial charge is 0.387 e. The zero-order valence-corrected chi connectivity index (χ0v) is 20.0. The number of aliphatic imine (C=N–C) groups is 1. The average molecular weight is 548 g/mol. The van der Waals surface area contributed by atoms with Crippen molar-refractivity contribution < 1.29 is 23.0 Å². The summed E-state index contributed by atoms with van der Waals surface area (Å²) in [5.41, 5.74) is 2.69. The van der Waals surface area contributed by atoms with Crippen molar-refractivity contribution in [2.75, 3.05) is 32.3 Å². The van der Waals surface area contributed by atoms with E-state index in [0.29, 0.717) is 36.1 Å². The summed E-state index contributed by atoms with van der Waals surface area (Å²) < 4.78 is 40.8. The number of nitrogens with one attached hydrogen (secondary N) is 2. The minimum Gasteiger partial charge on any atom is -0.454 e. The number of fused-ring (bicyclic) bond motifs is 1. The Hall–Kier alpha value is -2.50. The van der Waals surface area contributed by atoms with E-state index >= 15 is 0 Å². The van der Waals surface area contributed by atoms with Crippen LogP contribution in [0.4, 0.5) is 14.5 Å². The summed E-state index contributed by atoms with van der Waals surface area (Å²) in [6.45, 7) is 0.435. The fourth-order valence-corrected chi connectivity index (χ4v) is 2.90. The maximum atomic E-state index is 12.8. The van der Waals surface area contributed by atoms with Crippen LogP contribution >= 0.6 is 24.0 Å². The molecular weight excluding hydrogens is 521 g/mol. The summed E-state index contributed by atoms with van der Waals surface area (Å²) in [5.74, 6) is 1.49. The van der Waals surface area contributed by atoms with Crippen LogP contribution in [0.3, 0.4) is 0 Å². The molecule has 2 N–H and O–H groups in total. The molecule has 0 fully saturated rings. The van der Waals surface area contributed by atoms with Gasteiger partial charge in [0.1, 0.15) is 5.75 Å². The SMILES string of the molecule is CCNC(=NCc1ccc(N(C)C)cc1)NCc1cc2c(cc1OC(F)F)OCO2.I. The number of halogens is 3. The van der Waals surface area contributed by atoms with Gasteiger partial charge >= 0.3 is 6.61 Å². The molecule has 0 radical (unpaired) electrons. The molecule has 10 heteroatoms. The molecule has 0 bridgehead atoms. The van der Waals surface area contributed by atoms with Gasteiger partial charge in [-0.3, -0.25) is 0 Å². The molecule has 31 heavy (non-hydrogen) atoms. The van der Waals surface area contributed by atoms with Crippen LogP contribution in [-0.2, 0) is 13.1 Å². The van der Waals surface area contributed by atoms with E-state index in [1.807, 2.05) is 50.2 Å². The first-order valence-corrected chi connectivity index (χ1v) is 9.62. The zero-order valence-electron chi connectivity index (χ0n) is 17.7. The number of anilines is 1. The lowest BCUT2D eigenvalue weighted by atomic mass is 10.1. The highest BCUT2D eigenvalue weighted by atomic mass is 127. The lowest BCUT2D eigenvalue weighted by Gasteiger charge is -2.15. The van der Waals surface area contributed by atoms with Crippen molar-refractivity contribution in [3.63, 3.8) is 0 Å². The van der Waals surface area contributed by atoms with Gasteiger partial charge in [-0.05, 0) is 30.7 Å². The molecule has 3 rings (SSSR count). The molecule has 7 nitrogen and oxygen atoms in total. The highest BCUT2D eigenvalue weighted by molar-refractivity contribution is 14.0. The first-order valence-electron chi connectivity index (χ1n) is 9.62. The number of ether oxygens (including phenoxy) is 3. The third-order valence-electron chi connectivity index (χ3n) is 4.43. The molecule has 1 heterocycles.